The molecule has 1 unspecified atom stereocenters. The molecule has 2 heterocycles. The molecular weight excluding hydrogens is 292 g/mol. The summed E-state index contributed by atoms with van der Waals surface area (Å²) < 4.78 is 2.80. The number of nitrogens with zero attached hydrogens (tertiary/aromatic N) is 2. The minimum atomic E-state index is -0.512. The van der Waals surface area contributed by atoms with Crippen molar-refractivity contribution >= 4 is 22.9 Å². The van der Waals surface area contributed by atoms with E-state index < -0.39 is 6.10 Å². The van der Waals surface area contributed by atoms with Crippen molar-refractivity contribution in [2.45, 2.75) is 50.7 Å². The number of halogens is 1. The lowest BCUT2D eigenvalue weighted by molar-refractivity contribution is 0.180. The summed E-state index contributed by atoms with van der Waals surface area (Å²) in [6.07, 6.45) is 8.50. The van der Waals surface area contributed by atoms with Crippen LogP contribution in [0.1, 0.15) is 54.8 Å². The molecule has 1 N–H and O–H groups in total. The highest BCUT2D eigenvalue weighted by Crippen LogP contribution is 2.30. The Morgan fingerprint density at radius 1 is 1.30 bits per heavy atom. The first-order valence-electron chi connectivity index (χ1n) is 7.20. The summed E-state index contributed by atoms with van der Waals surface area (Å²) >= 11 is 7.33. The maximum atomic E-state index is 10.2. The van der Waals surface area contributed by atoms with Crippen molar-refractivity contribution in [3.8, 4) is 0 Å². The molecule has 0 aliphatic heterocycles. The molecule has 0 aromatic carbocycles. The first kappa shape index (κ1) is 14.1. The highest BCUT2D eigenvalue weighted by atomic mass is 35.5. The average Bonchev–Trinajstić information content (AvgIpc) is 3.09. The van der Waals surface area contributed by atoms with Crippen LogP contribution in [0.5, 0.6) is 0 Å². The molecule has 0 bridgehead atoms. The average molecular weight is 311 g/mol. The van der Waals surface area contributed by atoms with Crippen LogP contribution in [0.3, 0.4) is 0 Å². The van der Waals surface area contributed by atoms with Crippen LogP contribution < -0.4 is 0 Å². The van der Waals surface area contributed by atoms with E-state index in [1.54, 1.807) is 0 Å². The Balaban J connectivity index is 1.64. The normalized spacial score (nSPS) is 18.3. The predicted octanol–water partition coefficient (Wildman–Crippen LogP) is 4.38. The van der Waals surface area contributed by atoms with Crippen LogP contribution in [0.25, 0.3) is 0 Å². The van der Waals surface area contributed by atoms with Crippen molar-refractivity contribution in [3.05, 3.63) is 39.3 Å². The molecule has 2 aromatic rings. The molecule has 0 saturated heterocycles. The van der Waals surface area contributed by atoms with Gasteiger partial charge in [0.15, 0.2) is 0 Å². The molecule has 1 aliphatic carbocycles. The topological polar surface area (TPSA) is 38.0 Å². The number of hydrogen-bond donors (Lipinski definition) is 1. The van der Waals surface area contributed by atoms with Crippen molar-refractivity contribution in [1.82, 2.24) is 9.78 Å². The summed E-state index contributed by atoms with van der Waals surface area (Å²) in [5, 5.41) is 14.8. The van der Waals surface area contributed by atoms with Gasteiger partial charge in [-0.05, 0) is 31.0 Å². The van der Waals surface area contributed by atoms with Gasteiger partial charge in [0, 0.05) is 17.5 Å². The Morgan fingerprint density at radius 3 is 2.80 bits per heavy atom. The van der Waals surface area contributed by atoms with Crippen LogP contribution in [-0.4, -0.2) is 14.9 Å². The van der Waals surface area contributed by atoms with Gasteiger partial charge in [-0.1, -0.05) is 30.9 Å². The molecule has 3 nitrogen and oxygen atoms in total. The molecule has 1 atom stereocenters. The molecule has 108 valence electrons. The zero-order valence-electron chi connectivity index (χ0n) is 11.3. The number of aliphatic hydroxyl groups excluding tert-OH is 1. The minimum absolute atomic E-state index is 0.512. The SMILES string of the molecule is OC(Cc1ccn(C2CCCCC2)n1)c1ccc(Cl)s1. The maximum Gasteiger partial charge on any atom is 0.0938 e. The van der Waals surface area contributed by atoms with Gasteiger partial charge >= 0.3 is 0 Å². The molecule has 3 rings (SSSR count). The molecule has 1 aliphatic rings. The Kier molecular flexibility index (Phi) is 4.44. The third-order valence-electron chi connectivity index (χ3n) is 3.94. The molecule has 1 fully saturated rings. The Morgan fingerprint density at radius 2 is 2.10 bits per heavy atom. The van der Waals surface area contributed by atoms with Gasteiger partial charge in [-0.2, -0.15) is 5.10 Å². The highest BCUT2D eigenvalue weighted by molar-refractivity contribution is 7.16. The van der Waals surface area contributed by atoms with Crippen LogP contribution in [0, 0.1) is 0 Å². The number of thiophene rings is 1. The van der Waals surface area contributed by atoms with Crippen molar-refractivity contribution < 1.29 is 5.11 Å². The maximum absolute atomic E-state index is 10.2. The summed E-state index contributed by atoms with van der Waals surface area (Å²) in [5.74, 6) is 0. The lowest BCUT2D eigenvalue weighted by atomic mass is 9.96. The molecular formula is C15H19ClN2OS. The standard InChI is InChI=1S/C15H19ClN2OS/c16-15-7-6-14(20-15)13(19)10-11-8-9-18(17-11)12-4-2-1-3-5-12/h6-9,12-13,19H,1-5,10H2. The van der Waals surface area contributed by atoms with Crippen molar-refractivity contribution in [2.24, 2.45) is 0 Å². The van der Waals surface area contributed by atoms with Gasteiger partial charge < -0.3 is 5.11 Å². The molecule has 0 amide bonds. The zero-order chi connectivity index (χ0) is 13.9. The fraction of sp³-hybridized carbons (Fsp3) is 0.533. The first-order valence-corrected chi connectivity index (χ1v) is 8.39. The largest absolute Gasteiger partial charge is 0.387 e. The Bertz CT molecular complexity index is 560. The number of aromatic nitrogens is 2. The fourth-order valence-corrected chi connectivity index (χ4v) is 3.89. The van der Waals surface area contributed by atoms with E-state index in [0.29, 0.717) is 16.8 Å². The summed E-state index contributed by atoms with van der Waals surface area (Å²) in [6, 6.07) is 6.28. The molecule has 0 radical (unpaired) electrons. The second kappa shape index (κ2) is 6.29. The molecule has 0 spiro atoms. The second-order valence-corrected chi connectivity index (χ2v) is 7.19. The summed E-state index contributed by atoms with van der Waals surface area (Å²) in [6.45, 7) is 0. The second-order valence-electron chi connectivity index (χ2n) is 5.44. The highest BCUT2D eigenvalue weighted by Gasteiger charge is 2.17. The van der Waals surface area contributed by atoms with Crippen LogP contribution in [0.15, 0.2) is 24.4 Å². The van der Waals surface area contributed by atoms with Gasteiger partial charge in [-0.3, -0.25) is 4.68 Å². The van der Waals surface area contributed by atoms with E-state index in [9.17, 15) is 5.11 Å². The monoisotopic (exact) mass is 310 g/mol. The van der Waals surface area contributed by atoms with Crippen molar-refractivity contribution in [2.75, 3.05) is 0 Å². The van der Waals surface area contributed by atoms with Gasteiger partial charge in [-0.25, -0.2) is 0 Å². The third-order valence-corrected chi connectivity index (χ3v) is 5.27. The van der Waals surface area contributed by atoms with Gasteiger partial charge in [0.1, 0.15) is 0 Å². The fourth-order valence-electron chi connectivity index (χ4n) is 2.84. The summed E-state index contributed by atoms with van der Waals surface area (Å²) in [4.78, 5) is 0.905. The molecule has 20 heavy (non-hydrogen) atoms. The lowest BCUT2D eigenvalue weighted by Crippen LogP contribution is -2.13. The first-order chi connectivity index (χ1) is 9.72. The third kappa shape index (κ3) is 3.25. The van der Waals surface area contributed by atoms with Crippen LogP contribution in [-0.2, 0) is 6.42 Å². The van der Waals surface area contributed by atoms with E-state index in [1.807, 2.05) is 18.2 Å². The summed E-state index contributed by atoms with van der Waals surface area (Å²) in [7, 11) is 0. The summed E-state index contributed by atoms with van der Waals surface area (Å²) in [5.41, 5.74) is 0.951. The van der Waals surface area contributed by atoms with Crippen LogP contribution in [0.4, 0.5) is 0 Å². The minimum Gasteiger partial charge on any atom is -0.387 e. The predicted molar refractivity (Wildman–Crippen MR) is 82.3 cm³/mol. The van der Waals surface area contributed by atoms with E-state index in [0.717, 1.165) is 10.6 Å². The van der Waals surface area contributed by atoms with E-state index in [-0.39, 0.29) is 0 Å². The number of rotatable bonds is 4. The Hall–Kier alpha value is -0.840. The van der Waals surface area contributed by atoms with Gasteiger partial charge in [0.05, 0.1) is 22.2 Å². The van der Waals surface area contributed by atoms with Gasteiger partial charge in [0.2, 0.25) is 0 Å². The van der Waals surface area contributed by atoms with Crippen molar-refractivity contribution in [1.29, 1.82) is 0 Å². The van der Waals surface area contributed by atoms with E-state index >= 15 is 0 Å². The Labute approximate surface area is 128 Å². The molecule has 2 aromatic heterocycles. The van der Waals surface area contributed by atoms with E-state index in [1.165, 1.54) is 43.4 Å². The van der Waals surface area contributed by atoms with Crippen molar-refractivity contribution in [3.63, 3.8) is 0 Å². The van der Waals surface area contributed by atoms with E-state index in [4.69, 9.17) is 11.6 Å². The molecule has 5 heteroatoms. The molecule has 1 saturated carbocycles. The smallest absolute Gasteiger partial charge is 0.0938 e. The van der Waals surface area contributed by atoms with Crippen LogP contribution >= 0.6 is 22.9 Å². The van der Waals surface area contributed by atoms with Crippen LogP contribution in [0.2, 0.25) is 4.34 Å². The van der Waals surface area contributed by atoms with Gasteiger partial charge in [0.25, 0.3) is 0 Å². The van der Waals surface area contributed by atoms with E-state index in [2.05, 4.69) is 16.0 Å². The number of aliphatic hydroxyl groups is 1. The number of hydrogen-bond acceptors (Lipinski definition) is 3. The zero-order valence-corrected chi connectivity index (χ0v) is 12.9. The van der Waals surface area contributed by atoms with Gasteiger partial charge in [-0.15, -0.1) is 11.3 Å². The lowest BCUT2D eigenvalue weighted by Gasteiger charge is -2.21. The quantitative estimate of drug-likeness (QED) is 0.910.